The number of nitrogens with two attached hydrogens (primary N) is 1. The lowest BCUT2D eigenvalue weighted by atomic mass is 9.79. The molecule has 0 aromatic heterocycles. The highest BCUT2D eigenvalue weighted by atomic mass is 16.1. The molecule has 2 rings (SSSR count). The van der Waals surface area contributed by atoms with Gasteiger partial charge in [0.05, 0.1) is 0 Å². The van der Waals surface area contributed by atoms with Crippen molar-refractivity contribution in [2.75, 3.05) is 32.7 Å². The molecule has 1 unspecified atom stereocenters. The maximum atomic E-state index is 11.2. The van der Waals surface area contributed by atoms with E-state index in [1.165, 1.54) is 12.8 Å². The number of piperidine rings is 1. The Morgan fingerprint density at radius 1 is 1.57 bits per heavy atom. The first-order valence-electron chi connectivity index (χ1n) is 5.43. The Kier molecular flexibility index (Phi) is 2.74. The van der Waals surface area contributed by atoms with Crippen molar-refractivity contribution < 1.29 is 4.79 Å². The summed E-state index contributed by atoms with van der Waals surface area (Å²) in [5.74, 6) is 0.222. The van der Waals surface area contributed by atoms with Crippen LogP contribution >= 0.6 is 0 Å². The third-order valence-corrected chi connectivity index (χ3v) is 3.38. The second kappa shape index (κ2) is 3.87. The molecule has 2 aliphatic heterocycles. The normalized spacial score (nSPS) is 33.6. The van der Waals surface area contributed by atoms with Crippen LogP contribution in [-0.4, -0.2) is 43.5 Å². The van der Waals surface area contributed by atoms with Gasteiger partial charge in [0.2, 0.25) is 5.91 Å². The summed E-state index contributed by atoms with van der Waals surface area (Å²) in [7, 11) is 0. The summed E-state index contributed by atoms with van der Waals surface area (Å²) in [4.78, 5) is 13.6. The minimum Gasteiger partial charge on any atom is -0.355 e. The summed E-state index contributed by atoms with van der Waals surface area (Å²) in [6.45, 7) is 4.75. The van der Waals surface area contributed by atoms with Crippen LogP contribution in [0.5, 0.6) is 0 Å². The first kappa shape index (κ1) is 9.93. The summed E-state index contributed by atoms with van der Waals surface area (Å²) >= 11 is 0. The first-order chi connectivity index (χ1) is 6.74. The largest absolute Gasteiger partial charge is 0.355 e. The van der Waals surface area contributed by atoms with Gasteiger partial charge in [-0.1, -0.05) is 0 Å². The van der Waals surface area contributed by atoms with E-state index >= 15 is 0 Å². The highest BCUT2D eigenvalue weighted by Gasteiger charge is 2.41. The molecule has 4 heteroatoms. The molecular formula is C10H19N3O. The van der Waals surface area contributed by atoms with E-state index in [9.17, 15) is 4.79 Å². The minimum atomic E-state index is 0.222. The van der Waals surface area contributed by atoms with Crippen molar-refractivity contribution in [2.45, 2.75) is 19.3 Å². The van der Waals surface area contributed by atoms with Gasteiger partial charge in [-0.05, 0) is 19.4 Å². The number of nitrogens with zero attached hydrogens (tertiary/aromatic N) is 1. The minimum absolute atomic E-state index is 0.222. The number of hydrogen-bond donors (Lipinski definition) is 2. The molecule has 2 aliphatic rings. The Morgan fingerprint density at radius 3 is 3.07 bits per heavy atom. The van der Waals surface area contributed by atoms with E-state index in [-0.39, 0.29) is 11.3 Å². The summed E-state index contributed by atoms with van der Waals surface area (Å²) in [6.07, 6.45) is 3.11. The number of hydrogen-bond acceptors (Lipinski definition) is 3. The van der Waals surface area contributed by atoms with E-state index in [0.29, 0.717) is 6.42 Å². The fourth-order valence-electron chi connectivity index (χ4n) is 2.72. The maximum absolute atomic E-state index is 11.2. The van der Waals surface area contributed by atoms with Crippen LogP contribution in [0.15, 0.2) is 0 Å². The summed E-state index contributed by atoms with van der Waals surface area (Å²) < 4.78 is 0. The predicted molar refractivity (Wildman–Crippen MR) is 54.8 cm³/mol. The molecule has 2 heterocycles. The molecule has 1 atom stereocenters. The van der Waals surface area contributed by atoms with E-state index in [1.54, 1.807) is 0 Å². The van der Waals surface area contributed by atoms with Crippen molar-refractivity contribution >= 4 is 5.91 Å². The molecule has 2 saturated heterocycles. The predicted octanol–water partition coefficient (Wildman–Crippen LogP) is -0.453. The van der Waals surface area contributed by atoms with Gasteiger partial charge < -0.3 is 16.0 Å². The van der Waals surface area contributed by atoms with E-state index in [0.717, 1.165) is 32.7 Å². The van der Waals surface area contributed by atoms with Crippen LogP contribution in [0, 0.1) is 5.41 Å². The van der Waals surface area contributed by atoms with E-state index in [2.05, 4.69) is 10.2 Å². The highest BCUT2D eigenvalue weighted by molar-refractivity contribution is 5.79. The van der Waals surface area contributed by atoms with Crippen LogP contribution in [0.4, 0.5) is 0 Å². The Balaban J connectivity index is 1.96. The number of nitrogens with one attached hydrogen (secondary N) is 1. The molecule has 0 aliphatic carbocycles. The Morgan fingerprint density at radius 2 is 2.43 bits per heavy atom. The summed E-state index contributed by atoms with van der Waals surface area (Å²) in [5.41, 5.74) is 5.78. The number of carbonyl (C=O) groups excluding carboxylic acids is 1. The SMILES string of the molecule is NCCN1CCCC2(CNC(=O)C2)C1. The second-order valence-electron chi connectivity index (χ2n) is 4.62. The molecule has 4 nitrogen and oxygen atoms in total. The van der Waals surface area contributed by atoms with Gasteiger partial charge >= 0.3 is 0 Å². The van der Waals surface area contributed by atoms with Crippen LogP contribution in [0.1, 0.15) is 19.3 Å². The quantitative estimate of drug-likeness (QED) is 0.630. The van der Waals surface area contributed by atoms with Crippen molar-refractivity contribution in [2.24, 2.45) is 11.1 Å². The number of likely N-dealkylation sites (tertiary alicyclic amines) is 1. The Hall–Kier alpha value is -0.610. The number of rotatable bonds is 2. The second-order valence-corrected chi connectivity index (χ2v) is 4.62. The van der Waals surface area contributed by atoms with Gasteiger partial charge in [-0.25, -0.2) is 0 Å². The van der Waals surface area contributed by atoms with Crippen molar-refractivity contribution in [3.05, 3.63) is 0 Å². The topological polar surface area (TPSA) is 58.4 Å². The summed E-state index contributed by atoms with van der Waals surface area (Å²) in [5, 5.41) is 2.95. The molecule has 1 amide bonds. The van der Waals surface area contributed by atoms with Gasteiger partial charge in [-0.15, -0.1) is 0 Å². The Labute approximate surface area is 84.8 Å². The molecule has 0 saturated carbocycles. The molecular weight excluding hydrogens is 178 g/mol. The molecule has 2 fully saturated rings. The molecule has 0 bridgehead atoms. The zero-order chi connectivity index (χ0) is 10.0. The van der Waals surface area contributed by atoms with Gasteiger partial charge in [0.25, 0.3) is 0 Å². The smallest absolute Gasteiger partial charge is 0.220 e. The van der Waals surface area contributed by atoms with E-state index in [1.807, 2.05) is 0 Å². The van der Waals surface area contributed by atoms with Gasteiger partial charge in [-0.3, -0.25) is 4.79 Å². The third-order valence-electron chi connectivity index (χ3n) is 3.38. The fourth-order valence-corrected chi connectivity index (χ4v) is 2.72. The lowest BCUT2D eigenvalue weighted by molar-refractivity contribution is -0.119. The Bertz CT molecular complexity index is 229. The fraction of sp³-hybridized carbons (Fsp3) is 0.900. The van der Waals surface area contributed by atoms with Gasteiger partial charge in [-0.2, -0.15) is 0 Å². The van der Waals surface area contributed by atoms with Crippen LogP contribution in [0.2, 0.25) is 0 Å². The lowest BCUT2D eigenvalue weighted by Crippen LogP contribution is -2.46. The number of carbonyl (C=O) groups is 1. The number of amides is 1. The van der Waals surface area contributed by atoms with Crippen molar-refractivity contribution in [1.82, 2.24) is 10.2 Å². The van der Waals surface area contributed by atoms with Crippen LogP contribution in [0.25, 0.3) is 0 Å². The van der Waals surface area contributed by atoms with E-state index in [4.69, 9.17) is 5.73 Å². The van der Waals surface area contributed by atoms with E-state index < -0.39 is 0 Å². The average molecular weight is 197 g/mol. The van der Waals surface area contributed by atoms with Gasteiger partial charge in [0.1, 0.15) is 0 Å². The molecule has 0 radical (unpaired) electrons. The van der Waals surface area contributed by atoms with Crippen molar-refractivity contribution in [1.29, 1.82) is 0 Å². The average Bonchev–Trinajstić information content (AvgIpc) is 2.48. The monoisotopic (exact) mass is 197 g/mol. The zero-order valence-corrected chi connectivity index (χ0v) is 8.59. The molecule has 0 aromatic carbocycles. The van der Waals surface area contributed by atoms with Crippen LogP contribution < -0.4 is 11.1 Å². The van der Waals surface area contributed by atoms with Crippen molar-refractivity contribution in [3.8, 4) is 0 Å². The summed E-state index contributed by atoms with van der Waals surface area (Å²) in [6, 6.07) is 0. The standard InChI is InChI=1S/C10H19N3O/c11-3-5-13-4-1-2-10(8-13)6-9(14)12-7-10/h1-8,11H2,(H,12,14). The van der Waals surface area contributed by atoms with Gasteiger partial charge in [0, 0.05) is 38.0 Å². The lowest BCUT2D eigenvalue weighted by Gasteiger charge is -2.39. The first-order valence-corrected chi connectivity index (χ1v) is 5.43. The van der Waals surface area contributed by atoms with Crippen LogP contribution in [-0.2, 0) is 4.79 Å². The van der Waals surface area contributed by atoms with Gasteiger partial charge in [0.15, 0.2) is 0 Å². The third kappa shape index (κ3) is 1.91. The van der Waals surface area contributed by atoms with Crippen LogP contribution in [0.3, 0.4) is 0 Å². The highest BCUT2D eigenvalue weighted by Crippen LogP contribution is 2.35. The molecule has 1 spiro atoms. The molecule has 3 N–H and O–H groups in total. The van der Waals surface area contributed by atoms with Crippen molar-refractivity contribution in [3.63, 3.8) is 0 Å². The molecule has 0 aromatic rings. The molecule has 80 valence electrons. The molecule has 14 heavy (non-hydrogen) atoms. The zero-order valence-electron chi connectivity index (χ0n) is 8.59. The maximum Gasteiger partial charge on any atom is 0.220 e.